The molecule has 29 heavy (non-hydrogen) atoms. The number of nitrogens with zero attached hydrogens (tertiary/aromatic N) is 2. The van der Waals surface area contributed by atoms with Crippen molar-refractivity contribution in [3.05, 3.63) is 28.3 Å². The molecule has 1 heterocycles. The summed E-state index contributed by atoms with van der Waals surface area (Å²) in [5, 5.41) is 3.16. The molecule has 0 aromatic heterocycles. The summed E-state index contributed by atoms with van der Waals surface area (Å²) >= 11 is 0. The first kappa shape index (κ1) is 22.2. The Kier molecular flexibility index (Phi) is 6.70. The molecule has 1 aliphatic heterocycles. The van der Waals surface area contributed by atoms with E-state index in [0.29, 0.717) is 37.1 Å². The molecule has 1 N–H and O–H groups in total. The molecule has 0 unspecified atom stereocenters. The molecule has 7 heteroatoms. The second kappa shape index (κ2) is 8.74. The van der Waals surface area contributed by atoms with Crippen LogP contribution in [-0.4, -0.2) is 61.8 Å². The molecule has 2 aliphatic rings. The lowest BCUT2D eigenvalue weighted by Gasteiger charge is -2.37. The molecule has 1 aromatic carbocycles. The summed E-state index contributed by atoms with van der Waals surface area (Å²) < 4.78 is 28.4. The molecular formula is C22H35N3O3S. The largest absolute Gasteiger partial charge is 0.352 e. The van der Waals surface area contributed by atoms with Crippen LogP contribution in [0, 0.1) is 27.7 Å². The van der Waals surface area contributed by atoms with Gasteiger partial charge < -0.3 is 5.32 Å². The molecule has 6 nitrogen and oxygen atoms in total. The highest BCUT2D eigenvalue weighted by molar-refractivity contribution is 7.89. The topological polar surface area (TPSA) is 69.7 Å². The minimum atomic E-state index is -3.55. The average Bonchev–Trinajstić information content (AvgIpc) is 3.19. The number of piperazine rings is 1. The predicted molar refractivity (Wildman–Crippen MR) is 116 cm³/mol. The van der Waals surface area contributed by atoms with Gasteiger partial charge in [-0.05, 0) is 69.7 Å². The van der Waals surface area contributed by atoms with Crippen LogP contribution in [0.3, 0.4) is 0 Å². The number of amides is 1. The van der Waals surface area contributed by atoms with Gasteiger partial charge in [0.15, 0.2) is 0 Å². The number of nitrogens with one attached hydrogen (secondary N) is 1. The SMILES string of the molecule is Cc1cc(C)c(C)c(S(=O)(=O)N2CCN([C@H](C)C(=O)NC3CCCC3)CC2)c1C. The fourth-order valence-electron chi connectivity index (χ4n) is 4.59. The standard InChI is InChI=1S/C22H35N3O3S/c1-15-14-16(2)18(4)21(17(15)3)29(27,28)25-12-10-24(11-13-25)19(5)22(26)23-20-8-6-7-9-20/h14,19-20H,6-13H2,1-5H3,(H,23,26)/t19-/m1/s1. The second-order valence-corrected chi connectivity index (χ2v) is 10.6. The highest BCUT2D eigenvalue weighted by atomic mass is 32.2. The summed E-state index contributed by atoms with van der Waals surface area (Å²) in [6.07, 6.45) is 4.51. The van der Waals surface area contributed by atoms with E-state index in [1.54, 1.807) is 4.31 Å². The van der Waals surface area contributed by atoms with Crippen LogP contribution in [0.4, 0.5) is 0 Å². The third kappa shape index (κ3) is 4.52. The van der Waals surface area contributed by atoms with Crippen molar-refractivity contribution in [2.24, 2.45) is 0 Å². The normalized spacial score (nSPS) is 20.7. The maximum absolute atomic E-state index is 13.4. The Morgan fingerprint density at radius 2 is 1.52 bits per heavy atom. The third-order valence-electron chi connectivity index (χ3n) is 6.80. The second-order valence-electron chi connectivity index (χ2n) is 8.70. The van der Waals surface area contributed by atoms with E-state index >= 15 is 0 Å². The Hall–Kier alpha value is -1.44. The molecule has 2 fully saturated rings. The van der Waals surface area contributed by atoms with Gasteiger partial charge in [-0.25, -0.2) is 8.42 Å². The van der Waals surface area contributed by atoms with Crippen LogP contribution in [0.25, 0.3) is 0 Å². The van der Waals surface area contributed by atoms with E-state index in [2.05, 4.69) is 10.2 Å². The van der Waals surface area contributed by atoms with Crippen LogP contribution in [0.2, 0.25) is 0 Å². The quantitative estimate of drug-likeness (QED) is 0.794. The van der Waals surface area contributed by atoms with Crippen LogP contribution in [0.1, 0.15) is 54.9 Å². The van der Waals surface area contributed by atoms with E-state index in [1.807, 2.05) is 40.7 Å². The number of sulfonamides is 1. The van der Waals surface area contributed by atoms with Gasteiger partial charge in [0, 0.05) is 32.2 Å². The van der Waals surface area contributed by atoms with Gasteiger partial charge in [0.2, 0.25) is 15.9 Å². The molecule has 1 aromatic rings. The zero-order valence-electron chi connectivity index (χ0n) is 18.4. The monoisotopic (exact) mass is 421 g/mol. The van der Waals surface area contributed by atoms with Crippen molar-refractivity contribution in [2.45, 2.75) is 77.3 Å². The smallest absolute Gasteiger partial charge is 0.243 e. The summed E-state index contributed by atoms with van der Waals surface area (Å²) in [5.41, 5.74) is 3.67. The van der Waals surface area contributed by atoms with Crippen LogP contribution >= 0.6 is 0 Å². The highest BCUT2D eigenvalue weighted by Gasteiger charge is 2.34. The van der Waals surface area contributed by atoms with Crippen molar-refractivity contribution < 1.29 is 13.2 Å². The number of benzene rings is 1. The Morgan fingerprint density at radius 1 is 1.00 bits per heavy atom. The van der Waals surface area contributed by atoms with Gasteiger partial charge in [0.1, 0.15) is 0 Å². The van der Waals surface area contributed by atoms with Gasteiger partial charge in [-0.2, -0.15) is 4.31 Å². The zero-order chi connectivity index (χ0) is 21.3. The number of carbonyl (C=O) groups excluding carboxylic acids is 1. The van der Waals surface area contributed by atoms with Crippen molar-refractivity contribution in [1.82, 2.24) is 14.5 Å². The predicted octanol–water partition coefficient (Wildman–Crippen LogP) is 2.67. The van der Waals surface area contributed by atoms with Crippen LogP contribution in [0.15, 0.2) is 11.0 Å². The lowest BCUT2D eigenvalue weighted by Crippen LogP contribution is -2.55. The van der Waals surface area contributed by atoms with Gasteiger partial charge in [0.25, 0.3) is 0 Å². The first-order valence-electron chi connectivity index (χ1n) is 10.7. The first-order valence-corrected chi connectivity index (χ1v) is 12.2. The molecule has 1 atom stereocenters. The molecular weight excluding hydrogens is 386 g/mol. The molecule has 3 rings (SSSR count). The Bertz CT molecular complexity index is 842. The minimum Gasteiger partial charge on any atom is -0.352 e. The van der Waals surface area contributed by atoms with E-state index < -0.39 is 10.0 Å². The van der Waals surface area contributed by atoms with E-state index in [-0.39, 0.29) is 11.9 Å². The molecule has 0 radical (unpaired) electrons. The number of hydrogen-bond donors (Lipinski definition) is 1. The molecule has 1 saturated heterocycles. The van der Waals surface area contributed by atoms with Crippen LogP contribution in [0.5, 0.6) is 0 Å². The van der Waals surface area contributed by atoms with Crippen molar-refractivity contribution in [3.63, 3.8) is 0 Å². The first-order chi connectivity index (χ1) is 13.6. The fraction of sp³-hybridized carbons (Fsp3) is 0.682. The Labute approximate surface area is 175 Å². The van der Waals surface area contributed by atoms with Crippen molar-refractivity contribution >= 4 is 15.9 Å². The number of hydrogen-bond acceptors (Lipinski definition) is 4. The summed E-state index contributed by atoms with van der Waals surface area (Å²) in [5.74, 6) is 0.0641. The highest BCUT2D eigenvalue weighted by Crippen LogP contribution is 2.29. The van der Waals surface area contributed by atoms with Gasteiger partial charge in [-0.1, -0.05) is 18.9 Å². The van der Waals surface area contributed by atoms with Crippen LogP contribution in [-0.2, 0) is 14.8 Å². The maximum Gasteiger partial charge on any atom is 0.243 e. The molecule has 0 bridgehead atoms. The molecule has 1 saturated carbocycles. The molecule has 0 spiro atoms. The summed E-state index contributed by atoms with van der Waals surface area (Å²) in [7, 11) is -3.55. The molecule has 1 aliphatic carbocycles. The van der Waals surface area contributed by atoms with Gasteiger partial charge >= 0.3 is 0 Å². The van der Waals surface area contributed by atoms with Gasteiger partial charge in [-0.3, -0.25) is 9.69 Å². The van der Waals surface area contributed by atoms with Crippen molar-refractivity contribution in [2.75, 3.05) is 26.2 Å². The fourth-order valence-corrected chi connectivity index (χ4v) is 6.58. The van der Waals surface area contributed by atoms with Gasteiger partial charge in [0.05, 0.1) is 10.9 Å². The van der Waals surface area contributed by atoms with Crippen molar-refractivity contribution in [3.8, 4) is 0 Å². The molecule has 1 amide bonds. The minimum absolute atomic E-state index is 0.0641. The van der Waals surface area contributed by atoms with Crippen molar-refractivity contribution in [1.29, 1.82) is 0 Å². The zero-order valence-corrected chi connectivity index (χ0v) is 19.2. The van der Waals surface area contributed by atoms with E-state index in [0.717, 1.165) is 35.1 Å². The summed E-state index contributed by atoms with van der Waals surface area (Å²) in [6, 6.07) is 2.12. The lowest BCUT2D eigenvalue weighted by atomic mass is 10.0. The summed E-state index contributed by atoms with van der Waals surface area (Å²) in [6.45, 7) is 11.6. The van der Waals surface area contributed by atoms with Crippen LogP contribution < -0.4 is 5.32 Å². The van der Waals surface area contributed by atoms with Gasteiger partial charge in [-0.15, -0.1) is 0 Å². The van der Waals surface area contributed by atoms with E-state index in [1.165, 1.54) is 12.8 Å². The van der Waals surface area contributed by atoms with E-state index in [9.17, 15) is 13.2 Å². The van der Waals surface area contributed by atoms with E-state index in [4.69, 9.17) is 0 Å². The average molecular weight is 422 g/mol. The number of rotatable bonds is 5. The number of aryl methyl sites for hydroxylation is 2. The Morgan fingerprint density at radius 3 is 2.03 bits per heavy atom. The lowest BCUT2D eigenvalue weighted by molar-refractivity contribution is -0.127. The third-order valence-corrected chi connectivity index (χ3v) is 8.97. The molecule has 162 valence electrons. The number of carbonyl (C=O) groups is 1. The summed E-state index contributed by atoms with van der Waals surface area (Å²) in [4.78, 5) is 15.1. The Balaban J connectivity index is 1.68. The maximum atomic E-state index is 13.4.